The number of hydrogen-bond acceptors (Lipinski definition) is 0. The zero-order valence-electron chi connectivity index (χ0n) is 9.66. The molecule has 0 saturated heterocycles. The Morgan fingerprint density at radius 2 is 1.21 bits per heavy atom. The molecule has 0 unspecified atom stereocenters. The second kappa shape index (κ2) is 3.98. The fourth-order valence-corrected chi connectivity index (χ4v) is 2.34. The zero-order chi connectivity index (χ0) is 13.6. The minimum Gasteiger partial charge on any atom is -0.276 e. The normalized spacial score (nSPS) is 12.7. The van der Waals surface area contributed by atoms with E-state index in [1.807, 2.05) is 0 Å². The maximum Gasteiger partial charge on any atom is 0.389 e. The first-order chi connectivity index (χ1) is 9.03. The van der Waals surface area contributed by atoms with Crippen LogP contribution in [0.4, 0.5) is 17.6 Å². The van der Waals surface area contributed by atoms with Crippen molar-refractivity contribution in [1.82, 2.24) is 4.57 Å². The molecule has 0 amide bonds. The van der Waals surface area contributed by atoms with E-state index in [2.05, 4.69) is 0 Å². The molecule has 0 N–H and O–H groups in total. The van der Waals surface area contributed by atoms with E-state index >= 15 is 0 Å². The highest BCUT2D eigenvalue weighted by atomic mass is 19.3. The summed E-state index contributed by atoms with van der Waals surface area (Å²) in [5.74, 6) is 0. The third-order valence-corrected chi connectivity index (χ3v) is 3.14. The van der Waals surface area contributed by atoms with E-state index in [-0.39, 0.29) is 11.0 Å². The minimum absolute atomic E-state index is 0.106. The first-order valence-corrected chi connectivity index (χ1v) is 5.68. The summed E-state index contributed by atoms with van der Waals surface area (Å²) in [6.45, 7) is 0. The monoisotopic (exact) mass is 267 g/mol. The van der Waals surface area contributed by atoms with E-state index in [1.165, 1.54) is 12.1 Å². The van der Waals surface area contributed by atoms with Crippen molar-refractivity contribution in [3.05, 3.63) is 48.5 Å². The maximum atomic E-state index is 13.8. The molecule has 19 heavy (non-hydrogen) atoms. The molecule has 1 aromatic heterocycles. The van der Waals surface area contributed by atoms with Gasteiger partial charge < -0.3 is 0 Å². The highest BCUT2D eigenvalue weighted by molar-refractivity contribution is 6.08. The smallest absolute Gasteiger partial charge is 0.276 e. The molecular formula is C14H9F4N. The molecule has 0 aliphatic heterocycles. The zero-order valence-corrected chi connectivity index (χ0v) is 9.66. The van der Waals surface area contributed by atoms with Crippen molar-refractivity contribution in [2.45, 2.75) is 12.5 Å². The van der Waals surface area contributed by atoms with E-state index < -0.39 is 12.5 Å². The average Bonchev–Trinajstić information content (AvgIpc) is 2.73. The number of alkyl halides is 4. The van der Waals surface area contributed by atoms with Crippen LogP contribution < -0.4 is 0 Å². The standard InChI is InChI=1S/C14H9F4N/c15-13(16)14(17,18)19-11-7-3-1-5-9(11)10-6-2-4-8-12(10)19/h1-8,13H. The molecule has 98 valence electrons. The Balaban J connectivity index is 2.50. The van der Waals surface area contributed by atoms with Gasteiger partial charge >= 0.3 is 12.5 Å². The second-order valence-electron chi connectivity index (χ2n) is 4.26. The Kier molecular flexibility index (Phi) is 2.52. The molecule has 0 radical (unpaired) electrons. The summed E-state index contributed by atoms with van der Waals surface area (Å²) in [7, 11) is 0. The van der Waals surface area contributed by atoms with Gasteiger partial charge in [0.05, 0.1) is 11.0 Å². The predicted octanol–water partition coefficient (Wildman–Crippen LogP) is 4.61. The van der Waals surface area contributed by atoms with Crippen LogP contribution >= 0.6 is 0 Å². The highest BCUT2D eigenvalue weighted by Crippen LogP contribution is 2.38. The second-order valence-corrected chi connectivity index (χ2v) is 4.26. The van der Waals surface area contributed by atoms with Gasteiger partial charge in [-0.05, 0) is 12.1 Å². The van der Waals surface area contributed by atoms with Crippen LogP contribution in [0.15, 0.2) is 48.5 Å². The largest absolute Gasteiger partial charge is 0.389 e. The first-order valence-electron chi connectivity index (χ1n) is 5.68. The van der Waals surface area contributed by atoms with E-state index in [1.54, 1.807) is 36.4 Å². The molecule has 0 aliphatic rings. The van der Waals surface area contributed by atoms with Crippen molar-refractivity contribution < 1.29 is 17.6 Å². The molecule has 1 nitrogen and oxygen atoms in total. The van der Waals surface area contributed by atoms with Crippen LogP contribution in [0.3, 0.4) is 0 Å². The van der Waals surface area contributed by atoms with Crippen molar-refractivity contribution >= 4 is 21.8 Å². The van der Waals surface area contributed by atoms with Crippen LogP contribution in [-0.4, -0.2) is 11.0 Å². The van der Waals surface area contributed by atoms with Gasteiger partial charge in [0, 0.05) is 10.8 Å². The molecule has 0 saturated carbocycles. The lowest BCUT2D eigenvalue weighted by Gasteiger charge is -2.19. The molecule has 3 aromatic rings. The fraction of sp³-hybridized carbons (Fsp3) is 0.143. The summed E-state index contributed by atoms with van der Waals surface area (Å²) in [6.07, 6.45) is -3.76. The number of halogens is 4. The van der Waals surface area contributed by atoms with E-state index in [0.29, 0.717) is 15.3 Å². The molecule has 0 aliphatic carbocycles. The fourth-order valence-electron chi connectivity index (χ4n) is 2.34. The summed E-state index contributed by atoms with van der Waals surface area (Å²) in [4.78, 5) is 0. The lowest BCUT2D eigenvalue weighted by molar-refractivity contribution is -0.184. The number of rotatable bonds is 2. The lowest BCUT2D eigenvalue weighted by Crippen LogP contribution is -2.31. The third kappa shape index (κ3) is 1.61. The molecule has 3 rings (SSSR count). The number of para-hydroxylation sites is 2. The van der Waals surface area contributed by atoms with E-state index in [9.17, 15) is 17.6 Å². The van der Waals surface area contributed by atoms with Crippen LogP contribution in [0.2, 0.25) is 0 Å². The molecule has 0 bridgehead atoms. The molecule has 0 spiro atoms. The number of benzene rings is 2. The van der Waals surface area contributed by atoms with Crippen molar-refractivity contribution in [3.63, 3.8) is 0 Å². The third-order valence-electron chi connectivity index (χ3n) is 3.14. The number of aromatic nitrogens is 1. The van der Waals surface area contributed by atoms with Crippen LogP contribution in [0, 0.1) is 0 Å². The van der Waals surface area contributed by atoms with Crippen molar-refractivity contribution in [2.24, 2.45) is 0 Å². The summed E-state index contributed by atoms with van der Waals surface area (Å²) in [5.41, 5.74) is 0.211. The van der Waals surface area contributed by atoms with Gasteiger partial charge in [0.25, 0.3) is 0 Å². The van der Waals surface area contributed by atoms with E-state index in [0.717, 1.165) is 0 Å². The molecular weight excluding hydrogens is 258 g/mol. The predicted molar refractivity (Wildman–Crippen MR) is 65.6 cm³/mol. The number of nitrogens with zero attached hydrogens (tertiary/aromatic N) is 1. The maximum absolute atomic E-state index is 13.8. The van der Waals surface area contributed by atoms with Crippen molar-refractivity contribution in [3.8, 4) is 0 Å². The van der Waals surface area contributed by atoms with Gasteiger partial charge in [0.15, 0.2) is 0 Å². The Morgan fingerprint density at radius 3 is 1.63 bits per heavy atom. The minimum atomic E-state index is -4.23. The van der Waals surface area contributed by atoms with Gasteiger partial charge in [-0.15, -0.1) is 0 Å². The number of fused-ring (bicyclic) bond motifs is 3. The van der Waals surface area contributed by atoms with Crippen molar-refractivity contribution in [1.29, 1.82) is 0 Å². The molecule has 2 aromatic carbocycles. The van der Waals surface area contributed by atoms with Gasteiger partial charge in [-0.3, -0.25) is 4.57 Å². The molecule has 5 heteroatoms. The SMILES string of the molecule is FC(F)C(F)(F)n1c2ccccc2c2ccccc21. The Morgan fingerprint density at radius 1 is 0.789 bits per heavy atom. The van der Waals surface area contributed by atoms with Crippen LogP contribution in [0.25, 0.3) is 21.8 Å². The quantitative estimate of drug-likeness (QED) is 0.597. The van der Waals surface area contributed by atoms with Crippen LogP contribution in [0.1, 0.15) is 0 Å². The summed E-state index contributed by atoms with van der Waals surface area (Å²) < 4.78 is 53.3. The molecule has 1 heterocycles. The molecule has 0 atom stereocenters. The van der Waals surface area contributed by atoms with Crippen LogP contribution in [0.5, 0.6) is 0 Å². The average molecular weight is 267 g/mol. The van der Waals surface area contributed by atoms with Gasteiger partial charge in [-0.1, -0.05) is 36.4 Å². The first kappa shape index (κ1) is 12.0. The Labute approximate surface area is 106 Å². The Hall–Kier alpha value is -2.04. The van der Waals surface area contributed by atoms with Gasteiger partial charge in [0.2, 0.25) is 0 Å². The number of hydrogen-bond donors (Lipinski definition) is 0. The van der Waals surface area contributed by atoms with Crippen LogP contribution in [-0.2, 0) is 6.05 Å². The lowest BCUT2D eigenvalue weighted by atomic mass is 10.2. The van der Waals surface area contributed by atoms with Gasteiger partial charge in [-0.25, -0.2) is 8.78 Å². The Bertz CT molecular complexity index is 692. The topological polar surface area (TPSA) is 4.93 Å². The van der Waals surface area contributed by atoms with E-state index in [4.69, 9.17) is 0 Å². The van der Waals surface area contributed by atoms with Gasteiger partial charge in [-0.2, -0.15) is 8.78 Å². The van der Waals surface area contributed by atoms with Crippen molar-refractivity contribution in [2.75, 3.05) is 0 Å². The highest BCUT2D eigenvalue weighted by Gasteiger charge is 2.44. The summed E-state index contributed by atoms with van der Waals surface area (Å²) >= 11 is 0. The summed E-state index contributed by atoms with van der Waals surface area (Å²) in [6, 6.07) is 8.41. The van der Waals surface area contributed by atoms with Gasteiger partial charge in [0.1, 0.15) is 0 Å². The summed E-state index contributed by atoms with van der Waals surface area (Å²) in [5, 5.41) is 1.08. The molecule has 0 fully saturated rings.